The van der Waals surface area contributed by atoms with E-state index in [-0.39, 0.29) is 15.5 Å². The van der Waals surface area contributed by atoms with Crippen LogP contribution in [-0.2, 0) is 10.0 Å². The third-order valence-corrected chi connectivity index (χ3v) is 6.65. The zero-order valence-corrected chi connectivity index (χ0v) is 17.3. The van der Waals surface area contributed by atoms with Crippen molar-refractivity contribution in [2.24, 2.45) is 5.10 Å². The summed E-state index contributed by atoms with van der Waals surface area (Å²) in [6, 6.07) is 10.9. The van der Waals surface area contributed by atoms with Gasteiger partial charge in [-0.25, -0.2) is 22.1 Å². The Hall–Kier alpha value is -2.33. The largest absolute Gasteiger partial charge is 0.253 e. The molecule has 0 radical (unpaired) electrons. The summed E-state index contributed by atoms with van der Waals surface area (Å²) in [6.07, 6.45) is 1.28. The van der Waals surface area contributed by atoms with Crippen LogP contribution in [0.5, 0.6) is 0 Å². The molecule has 2 aromatic carbocycles. The molecule has 1 aromatic heterocycles. The van der Waals surface area contributed by atoms with Crippen molar-refractivity contribution in [2.45, 2.75) is 4.90 Å². The Balaban J connectivity index is 1.79. The van der Waals surface area contributed by atoms with Crippen LogP contribution < -0.4 is 5.43 Å². The molecule has 0 aliphatic heterocycles. The summed E-state index contributed by atoms with van der Waals surface area (Å²) < 4.78 is 39.5. The number of benzene rings is 2. The first kappa shape index (κ1) is 20.4. The fourth-order valence-electron chi connectivity index (χ4n) is 2.27. The number of sulfonamides is 1. The predicted molar refractivity (Wildman–Crippen MR) is 111 cm³/mol. The molecule has 0 aliphatic rings. The lowest BCUT2D eigenvalue weighted by molar-refractivity contribution is 0.521. The molecule has 10 heteroatoms. The van der Waals surface area contributed by atoms with E-state index in [1.807, 2.05) is 0 Å². The number of nitrogens with one attached hydrogen (secondary N) is 1. The first-order chi connectivity index (χ1) is 13.3. The number of anilines is 1. The summed E-state index contributed by atoms with van der Waals surface area (Å²) in [4.78, 5) is 4.57. The molecule has 6 nitrogen and oxygen atoms in total. The van der Waals surface area contributed by atoms with Crippen molar-refractivity contribution in [2.75, 3.05) is 19.5 Å². The maximum Gasteiger partial charge on any atom is 0.242 e. The molecular weight excluding hydrogens is 423 g/mol. The molecule has 0 atom stereocenters. The monoisotopic (exact) mass is 438 g/mol. The number of hydrazone groups is 1. The molecule has 0 spiro atoms. The lowest BCUT2D eigenvalue weighted by Crippen LogP contribution is -2.22. The Labute approximate surface area is 171 Å². The van der Waals surface area contributed by atoms with Crippen LogP contribution in [0.15, 0.2) is 57.8 Å². The van der Waals surface area contributed by atoms with Crippen molar-refractivity contribution in [1.82, 2.24) is 9.29 Å². The van der Waals surface area contributed by atoms with Gasteiger partial charge in [-0.3, -0.25) is 5.43 Å². The van der Waals surface area contributed by atoms with Gasteiger partial charge in [0.05, 0.1) is 21.8 Å². The number of nitrogens with zero attached hydrogens (tertiary/aromatic N) is 3. The lowest BCUT2D eigenvalue weighted by atomic mass is 10.2. The minimum Gasteiger partial charge on any atom is -0.253 e. The molecule has 0 aliphatic carbocycles. The third-order valence-electron chi connectivity index (χ3n) is 3.77. The van der Waals surface area contributed by atoms with Crippen LogP contribution in [0.4, 0.5) is 9.52 Å². The molecule has 0 amide bonds. The number of hydrogen-bond acceptors (Lipinski definition) is 6. The number of rotatable bonds is 6. The van der Waals surface area contributed by atoms with Gasteiger partial charge in [0.25, 0.3) is 0 Å². The summed E-state index contributed by atoms with van der Waals surface area (Å²) in [5.41, 5.74) is 4.16. The Morgan fingerprint density at radius 1 is 1.25 bits per heavy atom. The highest BCUT2D eigenvalue weighted by atomic mass is 35.5. The van der Waals surface area contributed by atoms with E-state index in [1.54, 1.807) is 29.6 Å². The van der Waals surface area contributed by atoms with Crippen LogP contribution in [-0.4, -0.2) is 38.0 Å². The first-order valence-corrected chi connectivity index (χ1v) is 10.7. The fourth-order valence-corrected chi connectivity index (χ4v) is 4.10. The van der Waals surface area contributed by atoms with Gasteiger partial charge in [-0.05, 0) is 24.3 Å². The van der Waals surface area contributed by atoms with Gasteiger partial charge in [0.1, 0.15) is 5.82 Å². The molecule has 0 saturated heterocycles. The quantitative estimate of drug-likeness (QED) is 0.460. The van der Waals surface area contributed by atoms with E-state index in [2.05, 4.69) is 15.5 Å². The standard InChI is InChI=1S/C18H16ClFN4O2S2/c1-24(2)28(25,26)13-6-3-5-12(9-13)17-11-27-18(22-17)23-21-10-14-15(19)7-4-8-16(14)20/h3-11H,1-2H3,(H,22,23)/b21-10+. The Bertz CT molecular complexity index is 1110. The number of halogens is 2. The average Bonchev–Trinajstić information content (AvgIpc) is 3.13. The molecule has 28 heavy (non-hydrogen) atoms. The minimum atomic E-state index is -3.53. The SMILES string of the molecule is CN(C)S(=O)(=O)c1cccc(-c2csc(N/N=C/c3c(F)cccc3Cl)n2)c1. The van der Waals surface area contributed by atoms with Crippen LogP contribution >= 0.6 is 22.9 Å². The molecule has 1 heterocycles. The van der Waals surface area contributed by atoms with Crippen molar-refractivity contribution in [3.05, 3.63) is 64.2 Å². The van der Waals surface area contributed by atoms with Crippen LogP contribution in [0.2, 0.25) is 5.02 Å². The van der Waals surface area contributed by atoms with E-state index in [1.165, 1.54) is 49.8 Å². The van der Waals surface area contributed by atoms with Gasteiger partial charge in [-0.1, -0.05) is 29.8 Å². The van der Waals surface area contributed by atoms with Crippen LogP contribution in [0.3, 0.4) is 0 Å². The van der Waals surface area contributed by atoms with Gasteiger partial charge in [-0.2, -0.15) is 5.10 Å². The van der Waals surface area contributed by atoms with E-state index < -0.39 is 15.8 Å². The van der Waals surface area contributed by atoms with Gasteiger partial charge >= 0.3 is 0 Å². The summed E-state index contributed by atoms with van der Waals surface area (Å²) in [6.45, 7) is 0. The predicted octanol–water partition coefficient (Wildman–Crippen LogP) is 4.30. The molecule has 0 fully saturated rings. The number of thiazole rings is 1. The number of hydrogen-bond donors (Lipinski definition) is 1. The van der Waals surface area contributed by atoms with Crippen LogP contribution in [0, 0.1) is 5.82 Å². The van der Waals surface area contributed by atoms with Crippen LogP contribution in [0.1, 0.15) is 5.56 Å². The molecule has 3 aromatic rings. The highest BCUT2D eigenvalue weighted by molar-refractivity contribution is 7.89. The second kappa shape index (κ2) is 8.36. The van der Waals surface area contributed by atoms with Crippen molar-refractivity contribution in [3.63, 3.8) is 0 Å². The van der Waals surface area contributed by atoms with E-state index in [0.717, 1.165) is 4.31 Å². The van der Waals surface area contributed by atoms with Gasteiger partial charge in [0.2, 0.25) is 15.2 Å². The second-order valence-electron chi connectivity index (χ2n) is 5.86. The Kier molecular flexibility index (Phi) is 6.09. The summed E-state index contributed by atoms with van der Waals surface area (Å²) >= 11 is 7.23. The van der Waals surface area contributed by atoms with Gasteiger partial charge in [0.15, 0.2) is 0 Å². The molecule has 0 saturated carbocycles. The van der Waals surface area contributed by atoms with Crippen molar-refractivity contribution < 1.29 is 12.8 Å². The third kappa shape index (κ3) is 4.39. The summed E-state index contributed by atoms with van der Waals surface area (Å²) in [5.74, 6) is -0.475. The molecular formula is C18H16ClFN4O2S2. The molecule has 146 valence electrons. The molecule has 0 unspecified atom stereocenters. The first-order valence-electron chi connectivity index (χ1n) is 8.00. The van der Waals surface area contributed by atoms with Crippen molar-refractivity contribution in [3.8, 4) is 11.3 Å². The highest BCUT2D eigenvalue weighted by Gasteiger charge is 2.18. The zero-order valence-electron chi connectivity index (χ0n) is 14.9. The van der Waals surface area contributed by atoms with Crippen LogP contribution in [0.25, 0.3) is 11.3 Å². The van der Waals surface area contributed by atoms with Crippen molar-refractivity contribution in [1.29, 1.82) is 0 Å². The van der Waals surface area contributed by atoms with Gasteiger partial charge in [0, 0.05) is 30.6 Å². The lowest BCUT2D eigenvalue weighted by Gasteiger charge is -2.11. The average molecular weight is 439 g/mol. The van der Waals surface area contributed by atoms with Gasteiger partial charge < -0.3 is 0 Å². The minimum absolute atomic E-state index is 0.176. The summed E-state index contributed by atoms with van der Waals surface area (Å²) in [5, 5.41) is 6.47. The molecule has 1 N–H and O–H groups in total. The van der Waals surface area contributed by atoms with E-state index in [4.69, 9.17) is 11.6 Å². The second-order valence-corrected chi connectivity index (χ2v) is 9.28. The topological polar surface area (TPSA) is 74.7 Å². The van der Waals surface area contributed by atoms with Gasteiger partial charge in [-0.15, -0.1) is 11.3 Å². The smallest absolute Gasteiger partial charge is 0.242 e. The van der Waals surface area contributed by atoms with Crippen molar-refractivity contribution >= 4 is 44.3 Å². The Morgan fingerprint density at radius 2 is 2.00 bits per heavy atom. The molecule has 3 rings (SSSR count). The molecule has 0 bridgehead atoms. The van der Waals surface area contributed by atoms with E-state index in [9.17, 15) is 12.8 Å². The Morgan fingerprint density at radius 3 is 2.71 bits per heavy atom. The fraction of sp³-hybridized carbons (Fsp3) is 0.111. The van der Waals surface area contributed by atoms with E-state index in [0.29, 0.717) is 16.4 Å². The normalized spacial score (nSPS) is 12.0. The zero-order chi connectivity index (χ0) is 20.3. The number of aromatic nitrogens is 1. The maximum atomic E-state index is 13.7. The summed E-state index contributed by atoms with van der Waals surface area (Å²) in [7, 11) is -0.574. The van der Waals surface area contributed by atoms with E-state index >= 15 is 0 Å². The highest BCUT2D eigenvalue weighted by Crippen LogP contribution is 2.27. The maximum absolute atomic E-state index is 13.7.